The van der Waals surface area contributed by atoms with Gasteiger partial charge in [0.05, 0.1) is 23.3 Å². The summed E-state index contributed by atoms with van der Waals surface area (Å²) in [4.78, 5) is 11.8. The Morgan fingerprint density at radius 2 is 2.06 bits per heavy atom. The summed E-state index contributed by atoms with van der Waals surface area (Å²) in [6.45, 7) is 5.50. The highest BCUT2D eigenvalue weighted by atomic mass is 32.2. The second-order valence-corrected chi connectivity index (χ2v) is 6.32. The fourth-order valence-corrected chi connectivity index (χ4v) is 4.04. The lowest BCUT2D eigenvalue weighted by Crippen LogP contribution is -2.19. The van der Waals surface area contributed by atoms with Crippen LogP contribution in [0, 0.1) is 6.92 Å². The molecular formula is C13H14O4S. The first-order valence-electron chi connectivity index (χ1n) is 5.51. The number of hydrogen-bond donors (Lipinski definition) is 0. The van der Waals surface area contributed by atoms with E-state index >= 15 is 0 Å². The van der Waals surface area contributed by atoms with Crippen molar-refractivity contribution in [2.75, 3.05) is 12.9 Å². The summed E-state index contributed by atoms with van der Waals surface area (Å²) in [6, 6.07) is 3.22. The topological polar surface area (TPSA) is 60.4 Å². The van der Waals surface area contributed by atoms with Crippen molar-refractivity contribution in [2.45, 2.75) is 18.2 Å². The first-order chi connectivity index (χ1) is 8.38. The van der Waals surface area contributed by atoms with Crippen LogP contribution in [-0.4, -0.2) is 27.2 Å². The van der Waals surface area contributed by atoms with Gasteiger partial charge in [0.1, 0.15) is 0 Å². The number of rotatable bonds is 1. The van der Waals surface area contributed by atoms with E-state index in [1.807, 2.05) is 0 Å². The summed E-state index contributed by atoms with van der Waals surface area (Å²) >= 11 is 0. The second kappa shape index (κ2) is 4.24. The van der Waals surface area contributed by atoms with Gasteiger partial charge in [-0.3, -0.25) is 0 Å². The normalized spacial score (nSPS) is 17.1. The molecule has 0 bridgehead atoms. The maximum atomic E-state index is 12.1. The van der Waals surface area contributed by atoms with E-state index in [0.29, 0.717) is 17.5 Å². The molecule has 0 saturated heterocycles. The molecule has 1 aliphatic heterocycles. The Labute approximate surface area is 106 Å². The van der Waals surface area contributed by atoms with Gasteiger partial charge < -0.3 is 4.74 Å². The Bertz CT molecular complexity index is 641. The van der Waals surface area contributed by atoms with Gasteiger partial charge in [0.25, 0.3) is 0 Å². The molecule has 0 amide bonds. The fourth-order valence-electron chi connectivity index (χ4n) is 2.20. The van der Waals surface area contributed by atoms with Gasteiger partial charge in [-0.25, -0.2) is 13.2 Å². The monoisotopic (exact) mass is 266 g/mol. The number of allylic oxidation sites excluding steroid dienone is 1. The predicted octanol–water partition coefficient (Wildman–Crippen LogP) is 1.97. The Hall–Kier alpha value is -1.62. The van der Waals surface area contributed by atoms with Gasteiger partial charge in [-0.1, -0.05) is 12.6 Å². The maximum absolute atomic E-state index is 12.1. The van der Waals surface area contributed by atoms with Gasteiger partial charge in [0.2, 0.25) is 0 Å². The van der Waals surface area contributed by atoms with E-state index in [1.165, 1.54) is 7.11 Å². The van der Waals surface area contributed by atoms with Crippen molar-refractivity contribution in [3.05, 3.63) is 35.4 Å². The molecule has 5 heteroatoms. The van der Waals surface area contributed by atoms with Crippen molar-refractivity contribution >= 4 is 21.4 Å². The Balaban J connectivity index is 2.77. The van der Waals surface area contributed by atoms with E-state index in [0.717, 1.165) is 5.57 Å². The summed E-state index contributed by atoms with van der Waals surface area (Å²) in [7, 11) is -2.07. The molecule has 0 aromatic heterocycles. The van der Waals surface area contributed by atoms with Gasteiger partial charge in [-0.2, -0.15) is 0 Å². The molecule has 0 aliphatic carbocycles. The third-order valence-corrected chi connectivity index (χ3v) is 5.07. The summed E-state index contributed by atoms with van der Waals surface area (Å²) in [5.41, 5.74) is 2.14. The molecule has 0 unspecified atom stereocenters. The number of sulfone groups is 1. The van der Waals surface area contributed by atoms with Crippen molar-refractivity contribution in [1.82, 2.24) is 0 Å². The molecule has 0 atom stereocenters. The lowest BCUT2D eigenvalue weighted by molar-refractivity contribution is 0.0599. The van der Waals surface area contributed by atoms with E-state index in [-0.39, 0.29) is 16.2 Å². The van der Waals surface area contributed by atoms with Crippen LogP contribution in [0.25, 0.3) is 5.57 Å². The van der Waals surface area contributed by atoms with Crippen LogP contribution < -0.4 is 0 Å². The number of methoxy groups -OCH3 is 1. The molecule has 2 rings (SSSR count). The van der Waals surface area contributed by atoms with Crippen LogP contribution in [0.4, 0.5) is 0 Å². The Morgan fingerprint density at radius 1 is 1.39 bits per heavy atom. The highest BCUT2D eigenvalue weighted by molar-refractivity contribution is 7.91. The molecule has 18 heavy (non-hydrogen) atoms. The average Bonchev–Trinajstić information content (AvgIpc) is 2.33. The van der Waals surface area contributed by atoms with Crippen LogP contribution in [-0.2, 0) is 14.6 Å². The smallest absolute Gasteiger partial charge is 0.338 e. The van der Waals surface area contributed by atoms with Crippen LogP contribution in [0.15, 0.2) is 23.6 Å². The minimum atomic E-state index is -3.34. The molecule has 1 aliphatic rings. The standard InChI is InChI=1S/C13H14O4S/c1-8-6-7-18(15,16)12-9(2)11(13(14)17-3)5-4-10(8)12/h4-5H,1,6-7H2,2-3H3. The highest BCUT2D eigenvalue weighted by Gasteiger charge is 2.29. The van der Waals surface area contributed by atoms with E-state index in [2.05, 4.69) is 11.3 Å². The lowest BCUT2D eigenvalue weighted by Gasteiger charge is -2.21. The van der Waals surface area contributed by atoms with Gasteiger partial charge in [-0.15, -0.1) is 0 Å². The van der Waals surface area contributed by atoms with Gasteiger partial charge in [0, 0.05) is 0 Å². The average molecular weight is 266 g/mol. The molecular weight excluding hydrogens is 252 g/mol. The number of fused-ring (bicyclic) bond motifs is 1. The molecule has 4 nitrogen and oxygen atoms in total. The highest BCUT2D eigenvalue weighted by Crippen LogP contribution is 2.35. The molecule has 0 spiro atoms. The second-order valence-electron chi connectivity index (χ2n) is 4.28. The number of carbonyl (C=O) groups is 1. The Kier molecular flexibility index (Phi) is 3.02. The minimum absolute atomic E-state index is 0.0459. The van der Waals surface area contributed by atoms with Crippen molar-refractivity contribution in [1.29, 1.82) is 0 Å². The predicted molar refractivity (Wildman–Crippen MR) is 68.2 cm³/mol. The number of ether oxygens (including phenoxy) is 1. The van der Waals surface area contributed by atoms with E-state index in [4.69, 9.17) is 0 Å². The Morgan fingerprint density at radius 3 is 2.67 bits per heavy atom. The number of benzene rings is 1. The van der Waals surface area contributed by atoms with Crippen LogP contribution in [0.1, 0.15) is 27.9 Å². The first-order valence-corrected chi connectivity index (χ1v) is 7.16. The van der Waals surface area contributed by atoms with Crippen molar-refractivity contribution in [2.24, 2.45) is 0 Å². The maximum Gasteiger partial charge on any atom is 0.338 e. The summed E-state index contributed by atoms with van der Waals surface area (Å²) in [5, 5.41) is 0. The molecule has 1 aromatic carbocycles. The summed E-state index contributed by atoms with van der Waals surface area (Å²) < 4.78 is 28.9. The third kappa shape index (κ3) is 1.84. The SMILES string of the molecule is C=C1CCS(=O)(=O)c2c1ccc(C(=O)OC)c2C. The largest absolute Gasteiger partial charge is 0.465 e. The molecule has 1 heterocycles. The summed E-state index contributed by atoms with van der Waals surface area (Å²) in [5.74, 6) is -0.480. The van der Waals surface area contributed by atoms with Gasteiger partial charge >= 0.3 is 5.97 Å². The van der Waals surface area contributed by atoms with Crippen molar-refractivity contribution < 1.29 is 17.9 Å². The van der Waals surface area contributed by atoms with Crippen LogP contribution >= 0.6 is 0 Å². The van der Waals surface area contributed by atoms with Crippen LogP contribution in [0.3, 0.4) is 0 Å². The molecule has 0 saturated carbocycles. The van der Waals surface area contributed by atoms with Crippen molar-refractivity contribution in [3.63, 3.8) is 0 Å². The zero-order valence-corrected chi connectivity index (χ0v) is 11.1. The zero-order valence-electron chi connectivity index (χ0n) is 10.3. The van der Waals surface area contributed by atoms with Crippen LogP contribution in [0.5, 0.6) is 0 Å². The fraction of sp³-hybridized carbons (Fsp3) is 0.308. The number of carbonyl (C=O) groups excluding carboxylic acids is 1. The third-order valence-electron chi connectivity index (χ3n) is 3.18. The summed E-state index contributed by atoms with van der Waals surface area (Å²) in [6.07, 6.45) is 0.437. The van der Waals surface area contributed by atoms with Crippen LogP contribution in [0.2, 0.25) is 0 Å². The lowest BCUT2D eigenvalue weighted by atomic mass is 9.98. The molecule has 1 aromatic rings. The van der Waals surface area contributed by atoms with E-state index < -0.39 is 15.8 Å². The molecule has 0 N–H and O–H groups in total. The number of hydrogen-bond acceptors (Lipinski definition) is 4. The van der Waals surface area contributed by atoms with Gasteiger partial charge in [0.15, 0.2) is 9.84 Å². The quantitative estimate of drug-likeness (QED) is 0.729. The molecule has 0 fully saturated rings. The number of esters is 1. The van der Waals surface area contributed by atoms with Gasteiger partial charge in [-0.05, 0) is 36.1 Å². The first kappa shape index (κ1) is 12.8. The minimum Gasteiger partial charge on any atom is -0.465 e. The van der Waals surface area contributed by atoms with E-state index in [9.17, 15) is 13.2 Å². The van der Waals surface area contributed by atoms with Crippen molar-refractivity contribution in [3.8, 4) is 0 Å². The van der Waals surface area contributed by atoms with E-state index in [1.54, 1.807) is 19.1 Å². The molecule has 0 radical (unpaired) electrons. The zero-order chi connectivity index (χ0) is 13.5. The molecule has 96 valence electrons.